The van der Waals surface area contributed by atoms with E-state index in [0.717, 1.165) is 25.9 Å². The Balaban J connectivity index is 4.21. The van der Waals surface area contributed by atoms with Crippen LogP contribution in [0.25, 0.3) is 0 Å². The van der Waals surface area contributed by atoms with Crippen LogP contribution in [-0.4, -0.2) is 60.5 Å². The summed E-state index contributed by atoms with van der Waals surface area (Å²) in [4.78, 5) is 2.12. The van der Waals surface area contributed by atoms with Crippen LogP contribution in [0.5, 0.6) is 0 Å². The lowest BCUT2D eigenvalue weighted by Gasteiger charge is -2.33. The molecule has 0 amide bonds. The molecule has 1 unspecified atom stereocenters. The van der Waals surface area contributed by atoms with E-state index >= 15 is 0 Å². The predicted molar refractivity (Wildman–Crippen MR) is 76.8 cm³/mol. The topological polar surface area (TPSA) is 55.7 Å². The lowest BCUT2D eigenvalue weighted by molar-refractivity contribution is 0.145. The quantitative estimate of drug-likeness (QED) is 0.550. The second kappa shape index (κ2) is 9.73. The highest BCUT2D eigenvalue weighted by atomic mass is 16.3. The van der Waals surface area contributed by atoms with Crippen molar-refractivity contribution in [1.82, 2.24) is 10.2 Å². The summed E-state index contributed by atoms with van der Waals surface area (Å²) in [6.07, 6.45) is 2.19. The average Bonchev–Trinajstić information content (AvgIpc) is 2.27. The van der Waals surface area contributed by atoms with E-state index in [9.17, 15) is 0 Å². The van der Waals surface area contributed by atoms with Crippen molar-refractivity contribution in [2.45, 2.75) is 46.6 Å². The Bertz CT molecular complexity index is 187. The standard InChI is InChI=1S/C14H32N2O2/c1-5-7-15-13(14(2,3)4)6-8-16(9-11-17)10-12-18/h13,15,17-18H,5-12H2,1-4H3. The summed E-state index contributed by atoms with van der Waals surface area (Å²) in [6.45, 7) is 12.5. The molecule has 0 bridgehead atoms. The third kappa shape index (κ3) is 8.03. The fourth-order valence-electron chi connectivity index (χ4n) is 2.09. The van der Waals surface area contributed by atoms with Crippen LogP contribution in [0.15, 0.2) is 0 Å². The Kier molecular flexibility index (Phi) is 9.64. The van der Waals surface area contributed by atoms with Gasteiger partial charge >= 0.3 is 0 Å². The number of nitrogens with one attached hydrogen (secondary N) is 1. The Morgan fingerprint density at radius 3 is 2.00 bits per heavy atom. The number of nitrogens with zero attached hydrogens (tertiary/aromatic N) is 1. The first kappa shape index (κ1) is 17.8. The molecule has 18 heavy (non-hydrogen) atoms. The zero-order valence-electron chi connectivity index (χ0n) is 12.6. The molecule has 4 heteroatoms. The molecule has 0 rings (SSSR count). The second-order valence-electron chi connectivity index (χ2n) is 5.95. The molecule has 0 spiro atoms. The SMILES string of the molecule is CCCNC(CCN(CCO)CCO)C(C)(C)C. The van der Waals surface area contributed by atoms with Gasteiger partial charge in [0.05, 0.1) is 13.2 Å². The highest BCUT2D eigenvalue weighted by Gasteiger charge is 2.24. The molecule has 0 aliphatic heterocycles. The summed E-state index contributed by atoms with van der Waals surface area (Å²) in [5.41, 5.74) is 0.235. The van der Waals surface area contributed by atoms with Gasteiger partial charge < -0.3 is 15.5 Å². The summed E-state index contributed by atoms with van der Waals surface area (Å²) >= 11 is 0. The van der Waals surface area contributed by atoms with Crippen LogP contribution in [0.4, 0.5) is 0 Å². The Hall–Kier alpha value is -0.160. The molecule has 3 N–H and O–H groups in total. The summed E-state index contributed by atoms with van der Waals surface area (Å²) in [6, 6.07) is 0.470. The van der Waals surface area contributed by atoms with Crippen LogP contribution in [0.2, 0.25) is 0 Å². The molecule has 0 saturated carbocycles. The minimum atomic E-state index is 0.155. The van der Waals surface area contributed by atoms with Gasteiger partial charge in [-0.25, -0.2) is 0 Å². The summed E-state index contributed by atoms with van der Waals surface area (Å²) in [5.74, 6) is 0. The maximum atomic E-state index is 8.99. The first-order chi connectivity index (χ1) is 8.45. The maximum absolute atomic E-state index is 8.99. The van der Waals surface area contributed by atoms with E-state index in [1.54, 1.807) is 0 Å². The van der Waals surface area contributed by atoms with Gasteiger partial charge in [-0.05, 0) is 31.3 Å². The van der Waals surface area contributed by atoms with Crippen molar-refractivity contribution in [3.05, 3.63) is 0 Å². The highest BCUT2D eigenvalue weighted by molar-refractivity contribution is 4.81. The fourth-order valence-corrected chi connectivity index (χ4v) is 2.09. The Morgan fingerprint density at radius 1 is 1.06 bits per heavy atom. The van der Waals surface area contributed by atoms with E-state index in [0.29, 0.717) is 19.1 Å². The van der Waals surface area contributed by atoms with Crippen LogP contribution in [0.3, 0.4) is 0 Å². The fraction of sp³-hybridized carbons (Fsp3) is 1.00. The Labute approximate surface area is 112 Å². The van der Waals surface area contributed by atoms with Crippen molar-refractivity contribution in [1.29, 1.82) is 0 Å². The molecule has 1 atom stereocenters. The zero-order chi connectivity index (χ0) is 14.0. The van der Waals surface area contributed by atoms with Gasteiger partial charge in [0.1, 0.15) is 0 Å². The molecular weight excluding hydrogens is 228 g/mol. The second-order valence-corrected chi connectivity index (χ2v) is 5.95. The minimum absolute atomic E-state index is 0.155. The van der Waals surface area contributed by atoms with Gasteiger partial charge in [-0.15, -0.1) is 0 Å². The van der Waals surface area contributed by atoms with E-state index < -0.39 is 0 Å². The van der Waals surface area contributed by atoms with Gasteiger partial charge in [-0.1, -0.05) is 27.7 Å². The van der Waals surface area contributed by atoms with E-state index in [-0.39, 0.29) is 18.6 Å². The van der Waals surface area contributed by atoms with Crippen LogP contribution < -0.4 is 5.32 Å². The minimum Gasteiger partial charge on any atom is -0.395 e. The first-order valence-corrected chi connectivity index (χ1v) is 7.13. The monoisotopic (exact) mass is 260 g/mol. The number of hydrogen-bond donors (Lipinski definition) is 3. The molecule has 0 radical (unpaired) electrons. The Morgan fingerprint density at radius 2 is 1.61 bits per heavy atom. The molecule has 0 aliphatic rings. The van der Waals surface area contributed by atoms with E-state index in [1.165, 1.54) is 0 Å². The molecule has 0 aromatic heterocycles. The van der Waals surface area contributed by atoms with Gasteiger partial charge in [-0.2, -0.15) is 0 Å². The third-order valence-electron chi connectivity index (χ3n) is 3.25. The van der Waals surface area contributed by atoms with Gasteiger partial charge in [-0.3, -0.25) is 4.90 Å². The predicted octanol–water partition coefficient (Wildman–Crippen LogP) is 1.08. The lowest BCUT2D eigenvalue weighted by atomic mass is 9.84. The summed E-state index contributed by atoms with van der Waals surface area (Å²) < 4.78 is 0. The van der Waals surface area contributed by atoms with Crippen LogP contribution in [0, 0.1) is 5.41 Å². The smallest absolute Gasteiger partial charge is 0.0558 e. The first-order valence-electron chi connectivity index (χ1n) is 7.13. The number of rotatable bonds is 10. The largest absolute Gasteiger partial charge is 0.395 e. The molecule has 0 aliphatic carbocycles. The molecule has 0 aromatic rings. The normalized spacial score (nSPS) is 14.2. The lowest BCUT2D eigenvalue weighted by Crippen LogP contribution is -2.43. The molecule has 0 fully saturated rings. The number of aliphatic hydroxyl groups is 2. The van der Waals surface area contributed by atoms with Gasteiger partial charge in [0.25, 0.3) is 0 Å². The van der Waals surface area contributed by atoms with E-state index in [2.05, 4.69) is 37.9 Å². The van der Waals surface area contributed by atoms with Crippen LogP contribution in [-0.2, 0) is 0 Å². The molecular formula is C14H32N2O2. The maximum Gasteiger partial charge on any atom is 0.0558 e. The van der Waals surface area contributed by atoms with E-state index in [1.807, 2.05) is 0 Å². The summed E-state index contributed by atoms with van der Waals surface area (Å²) in [7, 11) is 0. The van der Waals surface area contributed by atoms with Crippen LogP contribution in [0.1, 0.15) is 40.5 Å². The van der Waals surface area contributed by atoms with Crippen molar-refractivity contribution in [3.63, 3.8) is 0 Å². The zero-order valence-corrected chi connectivity index (χ0v) is 12.6. The molecule has 0 aromatic carbocycles. The van der Waals surface area contributed by atoms with Gasteiger partial charge in [0.2, 0.25) is 0 Å². The molecule has 0 heterocycles. The summed E-state index contributed by atoms with van der Waals surface area (Å²) in [5, 5.41) is 21.6. The van der Waals surface area contributed by atoms with Crippen molar-refractivity contribution >= 4 is 0 Å². The average molecular weight is 260 g/mol. The van der Waals surface area contributed by atoms with Crippen molar-refractivity contribution in [2.24, 2.45) is 5.41 Å². The van der Waals surface area contributed by atoms with Crippen molar-refractivity contribution in [2.75, 3.05) is 39.4 Å². The third-order valence-corrected chi connectivity index (χ3v) is 3.25. The van der Waals surface area contributed by atoms with Crippen LogP contribution >= 0.6 is 0 Å². The van der Waals surface area contributed by atoms with E-state index in [4.69, 9.17) is 10.2 Å². The van der Waals surface area contributed by atoms with Crippen molar-refractivity contribution < 1.29 is 10.2 Å². The molecule has 4 nitrogen and oxygen atoms in total. The molecule has 0 saturated heterocycles. The van der Waals surface area contributed by atoms with Crippen molar-refractivity contribution in [3.8, 4) is 0 Å². The van der Waals surface area contributed by atoms with Gasteiger partial charge in [0.15, 0.2) is 0 Å². The van der Waals surface area contributed by atoms with Gasteiger partial charge in [0, 0.05) is 19.1 Å². The molecule has 110 valence electrons. The highest BCUT2D eigenvalue weighted by Crippen LogP contribution is 2.22. The number of aliphatic hydroxyl groups excluding tert-OH is 2. The number of hydrogen-bond acceptors (Lipinski definition) is 4.